The first kappa shape index (κ1) is 13.1. The van der Waals surface area contributed by atoms with Crippen LogP contribution in [0.25, 0.3) is 0 Å². The molecule has 0 radical (unpaired) electrons. The van der Waals surface area contributed by atoms with Gasteiger partial charge < -0.3 is 5.11 Å². The van der Waals surface area contributed by atoms with E-state index in [0.29, 0.717) is 5.75 Å². The smallest absolute Gasteiger partial charge is 0.261 e. The predicted octanol–water partition coefficient (Wildman–Crippen LogP) is 4.03. The second-order valence-corrected chi connectivity index (χ2v) is 6.74. The maximum absolute atomic E-state index is 8.35. The number of aryl methyl sites for hydroxylation is 1. The van der Waals surface area contributed by atoms with Crippen LogP contribution >= 0.6 is 0 Å². The third-order valence-electron chi connectivity index (χ3n) is 2.90. The average molecular weight is 221 g/mol. The third kappa shape index (κ3) is 2.58. The Hall–Kier alpha value is -0.980. The van der Waals surface area contributed by atoms with Crippen molar-refractivity contribution in [2.45, 2.75) is 59.3 Å². The van der Waals surface area contributed by atoms with E-state index in [1.165, 1.54) is 5.56 Å². The van der Waals surface area contributed by atoms with Gasteiger partial charge in [-0.2, -0.15) is 0 Å². The Morgan fingerprint density at radius 2 is 1.12 bits per heavy atom. The summed E-state index contributed by atoms with van der Waals surface area (Å²) < 4.78 is 0. The molecule has 1 aromatic carbocycles. The highest BCUT2D eigenvalue weighted by Gasteiger charge is 2.28. The summed E-state index contributed by atoms with van der Waals surface area (Å²) in [6.07, 6.45) is 0. The molecule has 1 nitrogen and oxygen atoms in total. The maximum Gasteiger partial charge on any atom is 0.261 e. The number of hydrogen-bond donors (Lipinski definition) is 0. The standard InChI is InChI=1S/C15H24O/c1-10-8-11(14(2,3)4)13(16)12(9-10)15(5,6)7/h8-9,16H,1-7H3/p+1. The summed E-state index contributed by atoms with van der Waals surface area (Å²) in [5, 5.41) is 8.35. The Labute approximate surface area is 99.5 Å². The first-order valence-corrected chi connectivity index (χ1v) is 5.90. The zero-order valence-electron chi connectivity index (χ0n) is 11.7. The van der Waals surface area contributed by atoms with Crippen LogP contribution in [-0.4, -0.2) is 5.11 Å². The van der Waals surface area contributed by atoms with Gasteiger partial charge in [0.25, 0.3) is 5.75 Å². The number of rotatable bonds is 0. The average Bonchev–Trinajstić information content (AvgIpc) is 2.04. The number of hydrogen-bond acceptors (Lipinski definition) is 0. The molecule has 0 aliphatic heterocycles. The SMILES string of the molecule is Cc1cc(C(C)(C)C)c([OH2+])c(C(C)(C)C)c1. The lowest BCUT2D eigenvalue weighted by Crippen LogP contribution is -2.17. The molecule has 0 aliphatic carbocycles. The lowest BCUT2D eigenvalue weighted by molar-refractivity contribution is 0.423. The van der Waals surface area contributed by atoms with Crippen molar-refractivity contribution in [1.29, 1.82) is 0 Å². The van der Waals surface area contributed by atoms with Crippen LogP contribution in [0.5, 0.6) is 5.75 Å². The Morgan fingerprint density at radius 3 is 1.38 bits per heavy atom. The normalized spacial score (nSPS) is 12.9. The molecule has 0 amide bonds. The van der Waals surface area contributed by atoms with E-state index in [1.54, 1.807) is 0 Å². The van der Waals surface area contributed by atoms with E-state index in [1.807, 2.05) is 0 Å². The second kappa shape index (κ2) is 3.80. The molecule has 90 valence electrons. The van der Waals surface area contributed by atoms with Crippen molar-refractivity contribution in [3.8, 4) is 5.75 Å². The van der Waals surface area contributed by atoms with Crippen molar-refractivity contribution < 1.29 is 5.11 Å². The minimum atomic E-state index is 0.0447. The van der Waals surface area contributed by atoms with Crippen LogP contribution < -0.4 is 0 Å². The monoisotopic (exact) mass is 221 g/mol. The molecule has 1 rings (SSSR count). The zero-order valence-corrected chi connectivity index (χ0v) is 11.7. The number of benzene rings is 1. The highest BCUT2D eigenvalue weighted by Crippen LogP contribution is 2.39. The summed E-state index contributed by atoms with van der Waals surface area (Å²) in [6, 6.07) is 4.30. The van der Waals surface area contributed by atoms with E-state index in [2.05, 4.69) is 60.6 Å². The fraction of sp³-hybridized carbons (Fsp3) is 0.600. The summed E-state index contributed by atoms with van der Waals surface area (Å²) in [5.41, 5.74) is 3.65. The highest BCUT2D eigenvalue weighted by molar-refractivity contribution is 5.49. The van der Waals surface area contributed by atoms with Gasteiger partial charge in [-0.3, -0.25) is 0 Å². The predicted molar refractivity (Wildman–Crippen MR) is 71.6 cm³/mol. The molecule has 0 fully saturated rings. The van der Waals surface area contributed by atoms with Gasteiger partial charge in [-0.1, -0.05) is 41.5 Å². The van der Waals surface area contributed by atoms with Crippen molar-refractivity contribution in [1.82, 2.24) is 0 Å². The molecule has 0 aliphatic rings. The molecule has 0 heterocycles. The molecule has 0 unspecified atom stereocenters. The second-order valence-electron chi connectivity index (χ2n) is 6.74. The van der Waals surface area contributed by atoms with Crippen LogP contribution in [0.4, 0.5) is 0 Å². The molecule has 16 heavy (non-hydrogen) atoms. The molecular formula is C15H25O+. The van der Waals surface area contributed by atoms with Crippen LogP contribution in [0.2, 0.25) is 0 Å². The van der Waals surface area contributed by atoms with Crippen LogP contribution in [0, 0.1) is 6.92 Å². The van der Waals surface area contributed by atoms with Gasteiger partial charge in [-0.15, -0.1) is 0 Å². The molecule has 0 saturated carbocycles. The molecule has 0 saturated heterocycles. The summed E-state index contributed by atoms with van der Waals surface area (Å²) in [4.78, 5) is 0. The lowest BCUT2D eigenvalue weighted by atomic mass is 9.78. The lowest BCUT2D eigenvalue weighted by Gasteiger charge is -2.25. The van der Waals surface area contributed by atoms with E-state index in [9.17, 15) is 0 Å². The van der Waals surface area contributed by atoms with Crippen LogP contribution in [0.15, 0.2) is 12.1 Å². The van der Waals surface area contributed by atoms with Gasteiger partial charge in [0.15, 0.2) is 0 Å². The van der Waals surface area contributed by atoms with Gasteiger partial charge in [0, 0.05) is 0 Å². The molecule has 0 atom stereocenters. The van der Waals surface area contributed by atoms with Crippen molar-refractivity contribution in [2.75, 3.05) is 0 Å². The van der Waals surface area contributed by atoms with Crippen molar-refractivity contribution in [2.24, 2.45) is 0 Å². The first-order chi connectivity index (χ1) is 7.03. The first-order valence-electron chi connectivity index (χ1n) is 5.90. The van der Waals surface area contributed by atoms with E-state index < -0.39 is 0 Å². The molecular weight excluding hydrogens is 196 g/mol. The molecule has 1 heteroatoms. The van der Waals surface area contributed by atoms with Crippen LogP contribution in [-0.2, 0) is 10.8 Å². The summed E-state index contributed by atoms with van der Waals surface area (Å²) in [7, 11) is 0. The van der Waals surface area contributed by atoms with Gasteiger partial charge in [0.05, 0.1) is 11.1 Å². The van der Waals surface area contributed by atoms with Crippen molar-refractivity contribution in [3.05, 3.63) is 28.8 Å². The topological polar surface area (TPSA) is 22.9 Å². The van der Waals surface area contributed by atoms with Crippen LogP contribution in [0.3, 0.4) is 0 Å². The Kier molecular flexibility index (Phi) is 3.11. The van der Waals surface area contributed by atoms with Gasteiger partial charge in [0.2, 0.25) is 0 Å². The van der Waals surface area contributed by atoms with E-state index in [4.69, 9.17) is 5.11 Å². The maximum atomic E-state index is 8.35. The summed E-state index contributed by atoms with van der Waals surface area (Å²) in [5.74, 6) is 0.714. The highest BCUT2D eigenvalue weighted by atomic mass is 16.3. The Bertz CT molecular complexity index is 354. The van der Waals surface area contributed by atoms with E-state index in [0.717, 1.165) is 11.1 Å². The third-order valence-corrected chi connectivity index (χ3v) is 2.90. The zero-order chi connectivity index (χ0) is 12.7. The fourth-order valence-electron chi connectivity index (χ4n) is 1.97. The molecule has 2 N–H and O–H groups in total. The molecule has 0 spiro atoms. The quantitative estimate of drug-likeness (QED) is 0.590. The van der Waals surface area contributed by atoms with Crippen molar-refractivity contribution >= 4 is 0 Å². The molecule has 0 bridgehead atoms. The minimum absolute atomic E-state index is 0.0447. The molecule has 1 aromatic rings. The Balaban J connectivity index is 3.51. The largest absolute Gasteiger partial charge is 0.593 e. The van der Waals surface area contributed by atoms with Crippen molar-refractivity contribution in [3.63, 3.8) is 0 Å². The van der Waals surface area contributed by atoms with E-state index in [-0.39, 0.29) is 10.8 Å². The van der Waals surface area contributed by atoms with Gasteiger partial charge in [-0.25, -0.2) is 0 Å². The van der Waals surface area contributed by atoms with Gasteiger partial charge in [0.1, 0.15) is 0 Å². The molecule has 0 aromatic heterocycles. The fourth-order valence-corrected chi connectivity index (χ4v) is 1.97. The van der Waals surface area contributed by atoms with Gasteiger partial charge >= 0.3 is 0 Å². The Morgan fingerprint density at radius 1 is 0.812 bits per heavy atom. The summed E-state index contributed by atoms with van der Waals surface area (Å²) >= 11 is 0. The van der Waals surface area contributed by atoms with E-state index >= 15 is 0 Å². The minimum Gasteiger partial charge on any atom is -0.593 e. The summed E-state index contributed by atoms with van der Waals surface area (Å²) in [6.45, 7) is 15.2. The van der Waals surface area contributed by atoms with Gasteiger partial charge in [-0.05, 0) is 35.4 Å². The van der Waals surface area contributed by atoms with Crippen LogP contribution in [0.1, 0.15) is 58.2 Å².